The molecule has 0 spiro atoms. The van der Waals surface area contributed by atoms with Gasteiger partial charge in [-0.25, -0.2) is 0 Å². The summed E-state index contributed by atoms with van der Waals surface area (Å²) in [5.74, 6) is 2.28. The molecular formula is C12H22N2O2S. The largest absolute Gasteiger partial charge is 0.344 e. The fourth-order valence-corrected chi connectivity index (χ4v) is 2.52. The Balaban J connectivity index is 2.46. The zero-order chi connectivity index (χ0) is 12.7. The second-order valence-corrected chi connectivity index (χ2v) is 5.55. The quantitative estimate of drug-likeness (QED) is 0.730. The number of hydrogen-bond donors (Lipinski definition) is 1. The zero-order valence-electron chi connectivity index (χ0n) is 10.7. The molecule has 5 heteroatoms. The third-order valence-electron chi connectivity index (χ3n) is 2.88. The van der Waals surface area contributed by atoms with Crippen molar-refractivity contribution in [2.75, 3.05) is 24.6 Å². The van der Waals surface area contributed by atoms with Gasteiger partial charge in [-0.2, -0.15) is 11.8 Å². The molecule has 1 atom stereocenters. The van der Waals surface area contributed by atoms with Crippen LogP contribution in [-0.4, -0.2) is 47.4 Å². The smallest absolute Gasteiger partial charge is 0.245 e. The summed E-state index contributed by atoms with van der Waals surface area (Å²) in [6.45, 7) is 5.41. The molecule has 1 rings (SSSR count). The highest BCUT2D eigenvalue weighted by molar-refractivity contribution is 7.99. The van der Waals surface area contributed by atoms with E-state index in [0.29, 0.717) is 19.4 Å². The summed E-state index contributed by atoms with van der Waals surface area (Å²) < 4.78 is 0. The van der Waals surface area contributed by atoms with Crippen molar-refractivity contribution in [1.29, 1.82) is 0 Å². The highest BCUT2D eigenvalue weighted by Crippen LogP contribution is 2.09. The molecule has 1 saturated heterocycles. The summed E-state index contributed by atoms with van der Waals surface area (Å²) in [6.07, 6.45) is 2.11. The molecule has 0 saturated carbocycles. The van der Waals surface area contributed by atoms with Crippen molar-refractivity contribution in [1.82, 2.24) is 10.2 Å². The lowest BCUT2D eigenvalue weighted by Gasteiger charge is -2.23. The van der Waals surface area contributed by atoms with Crippen molar-refractivity contribution in [3.63, 3.8) is 0 Å². The monoisotopic (exact) mass is 258 g/mol. The first-order valence-corrected chi connectivity index (χ1v) is 7.50. The van der Waals surface area contributed by atoms with Crippen molar-refractivity contribution in [2.24, 2.45) is 0 Å². The lowest BCUT2D eigenvalue weighted by molar-refractivity contribution is -0.133. The summed E-state index contributed by atoms with van der Waals surface area (Å²) in [6, 6.07) is -0.316. The van der Waals surface area contributed by atoms with E-state index < -0.39 is 0 Å². The average Bonchev–Trinajstić information content (AvgIpc) is 2.46. The van der Waals surface area contributed by atoms with Crippen molar-refractivity contribution in [3.8, 4) is 0 Å². The number of nitrogens with zero attached hydrogens (tertiary/aromatic N) is 1. The summed E-state index contributed by atoms with van der Waals surface area (Å²) in [4.78, 5) is 25.4. The van der Waals surface area contributed by atoms with Crippen LogP contribution >= 0.6 is 11.8 Å². The van der Waals surface area contributed by atoms with Gasteiger partial charge in [0.2, 0.25) is 11.8 Å². The van der Waals surface area contributed by atoms with Gasteiger partial charge in [-0.1, -0.05) is 13.8 Å². The topological polar surface area (TPSA) is 49.4 Å². The van der Waals surface area contributed by atoms with E-state index in [0.717, 1.165) is 24.5 Å². The summed E-state index contributed by atoms with van der Waals surface area (Å²) in [7, 11) is 0. The van der Waals surface area contributed by atoms with Gasteiger partial charge in [-0.15, -0.1) is 0 Å². The van der Waals surface area contributed by atoms with E-state index in [1.807, 2.05) is 23.6 Å². The fourth-order valence-electron chi connectivity index (χ4n) is 1.90. The molecule has 2 amide bonds. The zero-order valence-corrected chi connectivity index (χ0v) is 11.5. The number of carbonyl (C=O) groups excluding carboxylic acids is 2. The Bertz CT molecular complexity index is 271. The van der Waals surface area contributed by atoms with Crippen LogP contribution in [-0.2, 0) is 9.59 Å². The van der Waals surface area contributed by atoms with E-state index in [9.17, 15) is 9.59 Å². The third-order valence-corrected chi connectivity index (χ3v) is 3.87. The van der Waals surface area contributed by atoms with Crippen molar-refractivity contribution in [3.05, 3.63) is 0 Å². The first-order valence-electron chi connectivity index (χ1n) is 6.35. The molecule has 1 heterocycles. The normalized spacial score (nSPS) is 21.3. The highest BCUT2D eigenvalue weighted by Gasteiger charge is 2.27. The molecule has 17 heavy (non-hydrogen) atoms. The Labute approximate surface area is 108 Å². The Morgan fingerprint density at radius 3 is 2.82 bits per heavy atom. The minimum absolute atomic E-state index is 0.00404. The van der Waals surface area contributed by atoms with E-state index >= 15 is 0 Å². The molecule has 1 N–H and O–H groups in total. The van der Waals surface area contributed by atoms with Crippen molar-refractivity contribution in [2.45, 2.75) is 39.2 Å². The number of rotatable bonds is 6. The molecule has 4 nitrogen and oxygen atoms in total. The summed E-state index contributed by atoms with van der Waals surface area (Å²) in [5, 5.41) is 2.77. The molecule has 0 aromatic rings. The maximum Gasteiger partial charge on any atom is 0.245 e. The molecule has 1 aliphatic heterocycles. The van der Waals surface area contributed by atoms with Crippen LogP contribution < -0.4 is 5.32 Å². The molecule has 0 aromatic heterocycles. The van der Waals surface area contributed by atoms with E-state index in [1.54, 1.807) is 0 Å². The molecule has 98 valence electrons. The van der Waals surface area contributed by atoms with E-state index in [1.165, 1.54) is 0 Å². The van der Waals surface area contributed by atoms with Crippen LogP contribution in [0.25, 0.3) is 0 Å². The Morgan fingerprint density at radius 2 is 2.18 bits per heavy atom. The summed E-state index contributed by atoms with van der Waals surface area (Å²) in [5.41, 5.74) is 0. The minimum atomic E-state index is -0.316. The second kappa shape index (κ2) is 7.58. The van der Waals surface area contributed by atoms with Gasteiger partial charge in [-0.3, -0.25) is 9.59 Å². The van der Waals surface area contributed by atoms with Crippen LogP contribution in [0.3, 0.4) is 0 Å². The van der Waals surface area contributed by atoms with Crippen LogP contribution in [0.1, 0.15) is 33.1 Å². The number of nitrogens with one attached hydrogen (secondary N) is 1. The molecular weight excluding hydrogens is 236 g/mol. The van der Waals surface area contributed by atoms with Gasteiger partial charge in [0.1, 0.15) is 6.04 Å². The van der Waals surface area contributed by atoms with Crippen LogP contribution in [0.5, 0.6) is 0 Å². The Kier molecular flexibility index (Phi) is 6.40. The predicted octanol–water partition coefficient (Wildman–Crippen LogP) is 1.26. The maximum absolute atomic E-state index is 12.1. The molecule has 0 radical (unpaired) electrons. The summed E-state index contributed by atoms with van der Waals surface area (Å²) >= 11 is 1.89. The lowest BCUT2D eigenvalue weighted by atomic mass is 10.2. The van der Waals surface area contributed by atoms with E-state index in [-0.39, 0.29) is 17.9 Å². The maximum atomic E-state index is 12.1. The number of carbonyl (C=O) groups is 2. The number of hydrogen-bond acceptors (Lipinski definition) is 3. The SMILES string of the molecule is CCSCCCN1CCC(=O)NC(CC)C1=O. The van der Waals surface area contributed by atoms with Gasteiger partial charge in [0.25, 0.3) is 0 Å². The predicted molar refractivity (Wildman–Crippen MR) is 71.0 cm³/mol. The van der Waals surface area contributed by atoms with E-state index in [2.05, 4.69) is 12.2 Å². The number of amides is 2. The molecule has 0 bridgehead atoms. The van der Waals surface area contributed by atoms with Crippen LogP contribution in [0, 0.1) is 0 Å². The van der Waals surface area contributed by atoms with Crippen molar-refractivity contribution >= 4 is 23.6 Å². The van der Waals surface area contributed by atoms with Gasteiger partial charge < -0.3 is 10.2 Å². The second-order valence-electron chi connectivity index (χ2n) is 4.15. The fraction of sp³-hybridized carbons (Fsp3) is 0.833. The molecule has 0 aliphatic carbocycles. The van der Waals surface area contributed by atoms with Gasteiger partial charge in [0.15, 0.2) is 0 Å². The molecule has 1 fully saturated rings. The molecule has 1 unspecified atom stereocenters. The highest BCUT2D eigenvalue weighted by atomic mass is 32.2. The van der Waals surface area contributed by atoms with Crippen LogP contribution in [0.15, 0.2) is 0 Å². The van der Waals surface area contributed by atoms with Crippen LogP contribution in [0.2, 0.25) is 0 Å². The standard InChI is InChI=1S/C12H22N2O2S/c1-3-10-12(16)14(7-5-9-17-4-2)8-6-11(15)13-10/h10H,3-9H2,1-2H3,(H,13,15). The first kappa shape index (κ1) is 14.4. The van der Waals surface area contributed by atoms with Crippen molar-refractivity contribution < 1.29 is 9.59 Å². The van der Waals surface area contributed by atoms with Gasteiger partial charge in [-0.05, 0) is 24.3 Å². The lowest BCUT2D eigenvalue weighted by Crippen LogP contribution is -2.44. The average molecular weight is 258 g/mol. The van der Waals surface area contributed by atoms with E-state index in [4.69, 9.17) is 0 Å². The van der Waals surface area contributed by atoms with Gasteiger partial charge in [0.05, 0.1) is 0 Å². The Morgan fingerprint density at radius 1 is 1.41 bits per heavy atom. The third kappa shape index (κ3) is 4.58. The van der Waals surface area contributed by atoms with Crippen LogP contribution in [0.4, 0.5) is 0 Å². The number of thioether (sulfide) groups is 1. The molecule has 0 aromatic carbocycles. The van der Waals surface area contributed by atoms with Gasteiger partial charge >= 0.3 is 0 Å². The first-order chi connectivity index (χ1) is 8.19. The van der Waals surface area contributed by atoms with Gasteiger partial charge in [0, 0.05) is 19.5 Å². The minimum Gasteiger partial charge on any atom is -0.344 e. The Hall–Kier alpha value is -0.710. The molecule has 1 aliphatic rings.